The van der Waals surface area contributed by atoms with E-state index in [9.17, 15) is 0 Å². The Morgan fingerprint density at radius 2 is 1.83 bits per heavy atom. The summed E-state index contributed by atoms with van der Waals surface area (Å²) in [5.41, 5.74) is 1.99. The summed E-state index contributed by atoms with van der Waals surface area (Å²) >= 11 is 0. The molecule has 0 aliphatic rings. The third kappa shape index (κ3) is 1.35. The molecule has 0 amide bonds. The van der Waals surface area contributed by atoms with Crippen LogP contribution in [-0.2, 0) is 0 Å². The second-order valence-electron chi connectivity index (χ2n) is 2.57. The van der Waals surface area contributed by atoms with Gasteiger partial charge in [0.25, 0.3) is 0 Å². The number of nitrogens with zero attached hydrogens (tertiary/aromatic N) is 1. The largest absolute Gasteiger partial charge is 0.492 e. The smallest absolute Gasteiger partial charge is 0.179 e. The summed E-state index contributed by atoms with van der Waals surface area (Å²) in [5, 5.41) is 0. The first-order valence-electron chi connectivity index (χ1n) is 3.75. The molecule has 3 nitrogen and oxygen atoms in total. The maximum Gasteiger partial charge on any atom is 0.179 e. The number of aromatic nitrogens is 1. The predicted octanol–water partition coefficient (Wildman–Crippen LogP) is 1.72. The number of rotatable bonds is 2. The molecule has 12 heavy (non-hydrogen) atoms. The zero-order valence-corrected chi connectivity index (χ0v) is 7.84. The summed E-state index contributed by atoms with van der Waals surface area (Å²) in [6.45, 7) is 3.90. The minimum atomic E-state index is 0.681. The van der Waals surface area contributed by atoms with Crippen LogP contribution in [0.15, 0.2) is 6.20 Å². The maximum absolute atomic E-state index is 5.18. The van der Waals surface area contributed by atoms with Crippen LogP contribution in [0.2, 0.25) is 0 Å². The highest BCUT2D eigenvalue weighted by Gasteiger charge is 2.08. The molecule has 66 valence electrons. The fraction of sp³-hybridized carbons (Fsp3) is 0.444. The SMILES string of the molecule is COc1cnc(C)c(C)c1OC. The highest BCUT2D eigenvalue weighted by atomic mass is 16.5. The highest BCUT2D eigenvalue weighted by molar-refractivity contribution is 5.45. The van der Waals surface area contributed by atoms with Gasteiger partial charge in [-0.25, -0.2) is 0 Å². The Morgan fingerprint density at radius 1 is 1.17 bits per heavy atom. The van der Waals surface area contributed by atoms with Crippen molar-refractivity contribution in [2.24, 2.45) is 0 Å². The van der Waals surface area contributed by atoms with Crippen LogP contribution < -0.4 is 9.47 Å². The van der Waals surface area contributed by atoms with Crippen LogP contribution in [0.5, 0.6) is 11.5 Å². The Bertz CT molecular complexity index is 284. The summed E-state index contributed by atoms with van der Waals surface area (Å²) in [6.07, 6.45) is 1.67. The van der Waals surface area contributed by atoms with Crippen LogP contribution in [0, 0.1) is 13.8 Å². The van der Waals surface area contributed by atoms with E-state index in [0.717, 1.165) is 17.0 Å². The van der Waals surface area contributed by atoms with Gasteiger partial charge in [0, 0.05) is 11.3 Å². The number of pyridine rings is 1. The van der Waals surface area contributed by atoms with Gasteiger partial charge in [-0.2, -0.15) is 0 Å². The van der Waals surface area contributed by atoms with Gasteiger partial charge >= 0.3 is 0 Å². The van der Waals surface area contributed by atoms with Gasteiger partial charge in [-0.3, -0.25) is 4.98 Å². The van der Waals surface area contributed by atoms with E-state index in [2.05, 4.69) is 4.98 Å². The number of hydrogen-bond acceptors (Lipinski definition) is 3. The van der Waals surface area contributed by atoms with Gasteiger partial charge in [-0.1, -0.05) is 0 Å². The summed E-state index contributed by atoms with van der Waals surface area (Å²) in [5.74, 6) is 1.45. The molecule has 0 unspecified atom stereocenters. The number of hydrogen-bond donors (Lipinski definition) is 0. The van der Waals surface area contributed by atoms with Crippen molar-refractivity contribution in [3.05, 3.63) is 17.5 Å². The van der Waals surface area contributed by atoms with Crippen molar-refractivity contribution in [3.8, 4) is 11.5 Å². The van der Waals surface area contributed by atoms with E-state index in [1.807, 2.05) is 13.8 Å². The first-order valence-corrected chi connectivity index (χ1v) is 3.75. The van der Waals surface area contributed by atoms with E-state index < -0.39 is 0 Å². The van der Waals surface area contributed by atoms with Gasteiger partial charge in [0.05, 0.1) is 20.4 Å². The number of ether oxygens (including phenoxy) is 2. The van der Waals surface area contributed by atoms with Gasteiger partial charge in [0.2, 0.25) is 0 Å². The first-order chi connectivity index (χ1) is 5.70. The van der Waals surface area contributed by atoms with Crippen molar-refractivity contribution in [2.75, 3.05) is 14.2 Å². The molecular weight excluding hydrogens is 154 g/mol. The van der Waals surface area contributed by atoms with Gasteiger partial charge in [-0.15, -0.1) is 0 Å². The summed E-state index contributed by atoms with van der Waals surface area (Å²) in [7, 11) is 3.23. The Morgan fingerprint density at radius 3 is 2.33 bits per heavy atom. The second kappa shape index (κ2) is 3.43. The minimum absolute atomic E-state index is 0.681. The zero-order valence-electron chi connectivity index (χ0n) is 7.84. The third-order valence-corrected chi connectivity index (χ3v) is 1.91. The van der Waals surface area contributed by atoms with Crippen LogP contribution >= 0.6 is 0 Å². The summed E-state index contributed by atoms with van der Waals surface area (Å²) in [6, 6.07) is 0. The quantitative estimate of drug-likeness (QED) is 0.672. The van der Waals surface area contributed by atoms with E-state index in [-0.39, 0.29) is 0 Å². The number of aryl methyl sites for hydroxylation is 1. The molecule has 1 rings (SSSR count). The molecule has 1 aromatic rings. The Hall–Kier alpha value is -1.25. The van der Waals surface area contributed by atoms with E-state index in [1.54, 1.807) is 20.4 Å². The highest BCUT2D eigenvalue weighted by Crippen LogP contribution is 2.30. The Labute approximate surface area is 72.3 Å². The van der Waals surface area contributed by atoms with Crippen molar-refractivity contribution in [1.82, 2.24) is 4.98 Å². The van der Waals surface area contributed by atoms with Crippen molar-refractivity contribution >= 4 is 0 Å². The van der Waals surface area contributed by atoms with Crippen LogP contribution in [-0.4, -0.2) is 19.2 Å². The van der Waals surface area contributed by atoms with Gasteiger partial charge in [-0.05, 0) is 13.8 Å². The molecule has 0 N–H and O–H groups in total. The molecule has 0 aromatic carbocycles. The topological polar surface area (TPSA) is 31.4 Å². The molecule has 3 heteroatoms. The molecule has 0 fully saturated rings. The predicted molar refractivity (Wildman–Crippen MR) is 46.8 cm³/mol. The molecule has 0 bridgehead atoms. The fourth-order valence-electron chi connectivity index (χ4n) is 1.06. The average molecular weight is 167 g/mol. The lowest BCUT2D eigenvalue weighted by atomic mass is 10.2. The van der Waals surface area contributed by atoms with E-state index in [1.165, 1.54) is 0 Å². The van der Waals surface area contributed by atoms with Crippen LogP contribution in [0.4, 0.5) is 0 Å². The van der Waals surface area contributed by atoms with Crippen molar-refractivity contribution in [2.45, 2.75) is 13.8 Å². The fourth-order valence-corrected chi connectivity index (χ4v) is 1.06. The lowest BCUT2D eigenvalue weighted by Crippen LogP contribution is -1.96. The minimum Gasteiger partial charge on any atom is -0.492 e. The van der Waals surface area contributed by atoms with Gasteiger partial charge in [0.15, 0.2) is 11.5 Å². The first kappa shape index (κ1) is 8.84. The lowest BCUT2D eigenvalue weighted by Gasteiger charge is -2.10. The van der Waals surface area contributed by atoms with Crippen LogP contribution in [0.3, 0.4) is 0 Å². The van der Waals surface area contributed by atoms with Crippen molar-refractivity contribution in [3.63, 3.8) is 0 Å². The molecule has 0 aliphatic heterocycles. The third-order valence-electron chi connectivity index (χ3n) is 1.91. The van der Waals surface area contributed by atoms with Crippen molar-refractivity contribution < 1.29 is 9.47 Å². The molecule has 0 saturated heterocycles. The number of methoxy groups -OCH3 is 2. The van der Waals surface area contributed by atoms with Gasteiger partial charge < -0.3 is 9.47 Å². The standard InChI is InChI=1S/C9H13NO2/c1-6-7(2)10-5-8(11-3)9(6)12-4/h5H,1-4H3. The molecule has 0 radical (unpaired) electrons. The molecular formula is C9H13NO2. The molecule has 1 aromatic heterocycles. The van der Waals surface area contributed by atoms with Crippen LogP contribution in [0.1, 0.15) is 11.3 Å². The van der Waals surface area contributed by atoms with Crippen molar-refractivity contribution in [1.29, 1.82) is 0 Å². The summed E-state index contributed by atoms with van der Waals surface area (Å²) < 4.78 is 10.3. The van der Waals surface area contributed by atoms with Gasteiger partial charge in [0.1, 0.15) is 0 Å². The maximum atomic E-state index is 5.18. The monoisotopic (exact) mass is 167 g/mol. The molecule has 0 aliphatic carbocycles. The van der Waals surface area contributed by atoms with Crippen LogP contribution in [0.25, 0.3) is 0 Å². The average Bonchev–Trinajstić information content (AvgIpc) is 2.09. The molecule has 1 heterocycles. The molecule has 0 saturated carbocycles. The summed E-state index contributed by atoms with van der Waals surface area (Å²) in [4.78, 5) is 4.15. The zero-order chi connectivity index (χ0) is 9.14. The van der Waals surface area contributed by atoms with E-state index >= 15 is 0 Å². The lowest BCUT2D eigenvalue weighted by molar-refractivity contribution is 0.350. The Balaban J connectivity index is 3.25. The Kier molecular flexibility index (Phi) is 2.53. The molecule has 0 spiro atoms. The second-order valence-corrected chi connectivity index (χ2v) is 2.57. The normalized spacial score (nSPS) is 9.67. The van der Waals surface area contributed by atoms with E-state index in [4.69, 9.17) is 9.47 Å². The van der Waals surface area contributed by atoms with E-state index in [0.29, 0.717) is 5.75 Å². The molecule has 0 atom stereocenters.